The molecule has 1 aliphatic rings. The van der Waals surface area contributed by atoms with Crippen molar-refractivity contribution >= 4 is 5.91 Å². The average Bonchev–Trinajstić information content (AvgIpc) is 3.00. The monoisotopic (exact) mass is 191 g/mol. The molecule has 14 heavy (non-hydrogen) atoms. The van der Waals surface area contributed by atoms with Crippen LogP contribution in [-0.4, -0.2) is 30.5 Å². The SMILES string of the molecule is Cc1ccc(OCC(=O)N2CC2)cc1. The van der Waals surface area contributed by atoms with Gasteiger partial charge in [0.15, 0.2) is 6.61 Å². The van der Waals surface area contributed by atoms with Gasteiger partial charge in [-0.15, -0.1) is 0 Å². The predicted molar refractivity (Wildman–Crippen MR) is 53.3 cm³/mol. The van der Waals surface area contributed by atoms with E-state index in [-0.39, 0.29) is 12.5 Å². The van der Waals surface area contributed by atoms with Crippen LogP contribution in [0.25, 0.3) is 0 Å². The van der Waals surface area contributed by atoms with Crippen LogP contribution in [-0.2, 0) is 4.79 Å². The van der Waals surface area contributed by atoms with Crippen LogP contribution in [0.5, 0.6) is 5.75 Å². The Morgan fingerprint density at radius 2 is 2.00 bits per heavy atom. The molecule has 0 unspecified atom stereocenters. The predicted octanol–water partition coefficient (Wildman–Crippen LogP) is 1.22. The molecule has 0 spiro atoms. The van der Waals surface area contributed by atoms with E-state index in [0.717, 1.165) is 18.8 Å². The highest BCUT2D eigenvalue weighted by Gasteiger charge is 2.23. The van der Waals surface area contributed by atoms with Crippen LogP contribution in [0.2, 0.25) is 0 Å². The Morgan fingerprint density at radius 3 is 2.57 bits per heavy atom. The van der Waals surface area contributed by atoms with Gasteiger partial charge in [-0.1, -0.05) is 17.7 Å². The first kappa shape index (κ1) is 9.06. The molecular formula is C11H13NO2. The van der Waals surface area contributed by atoms with Crippen LogP contribution in [0, 0.1) is 6.92 Å². The Bertz CT molecular complexity index is 328. The largest absolute Gasteiger partial charge is 0.484 e. The molecule has 1 fully saturated rings. The van der Waals surface area contributed by atoms with Crippen molar-refractivity contribution in [3.8, 4) is 5.75 Å². The van der Waals surface area contributed by atoms with Crippen molar-refractivity contribution in [1.29, 1.82) is 0 Å². The summed E-state index contributed by atoms with van der Waals surface area (Å²) in [6.45, 7) is 3.94. The maximum Gasteiger partial charge on any atom is 0.260 e. The van der Waals surface area contributed by atoms with Crippen molar-refractivity contribution in [3.05, 3.63) is 29.8 Å². The fraction of sp³-hybridized carbons (Fsp3) is 0.364. The van der Waals surface area contributed by atoms with Crippen LogP contribution >= 0.6 is 0 Å². The van der Waals surface area contributed by atoms with Crippen LogP contribution in [0.15, 0.2) is 24.3 Å². The minimum atomic E-state index is 0.0746. The molecular weight excluding hydrogens is 178 g/mol. The zero-order valence-corrected chi connectivity index (χ0v) is 8.19. The van der Waals surface area contributed by atoms with Crippen molar-refractivity contribution in [1.82, 2.24) is 4.90 Å². The first-order valence-electron chi connectivity index (χ1n) is 4.73. The Morgan fingerprint density at radius 1 is 1.36 bits per heavy atom. The number of amides is 1. The number of ether oxygens (including phenoxy) is 1. The normalized spacial score (nSPS) is 13.9. The van der Waals surface area contributed by atoms with Gasteiger partial charge in [0.05, 0.1) is 0 Å². The van der Waals surface area contributed by atoms with Gasteiger partial charge in [-0.25, -0.2) is 0 Å². The molecule has 1 aromatic carbocycles. The van der Waals surface area contributed by atoms with Crippen LogP contribution in [0.3, 0.4) is 0 Å². The Hall–Kier alpha value is -1.51. The smallest absolute Gasteiger partial charge is 0.260 e. The Balaban J connectivity index is 1.85. The third-order valence-electron chi connectivity index (χ3n) is 2.18. The summed E-state index contributed by atoms with van der Waals surface area (Å²) in [5.74, 6) is 0.830. The molecule has 1 heterocycles. The minimum Gasteiger partial charge on any atom is -0.484 e. The number of hydrogen-bond acceptors (Lipinski definition) is 2. The highest BCUT2D eigenvalue weighted by Crippen LogP contribution is 2.12. The number of nitrogens with zero attached hydrogens (tertiary/aromatic N) is 1. The van der Waals surface area contributed by atoms with Crippen molar-refractivity contribution in [2.45, 2.75) is 6.92 Å². The molecule has 0 radical (unpaired) electrons. The molecule has 0 N–H and O–H groups in total. The third-order valence-corrected chi connectivity index (χ3v) is 2.18. The third kappa shape index (κ3) is 2.25. The molecule has 74 valence electrons. The first-order chi connectivity index (χ1) is 6.75. The molecule has 1 amide bonds. The Kier molecular flexibility index (Phi) is 2.39. The van der Waals surface area contributed by atoms with Gasteiger partial charge >= 0.3 is 0 Å². The lowest BCUT2D eigenvalue weighted by molar-refractivity contribution is -0.127. The average molecular weight is 191 g/mol. The van der Waals surface area contributed by atoms with E-state index in [4.69, 9.17) is 4.74 Å². The lowest BCUT2D eigenvalue weighted by Gasteiger charge is -2.05. The van der Waals surface area contributed by atoms with Crippen LogP contribution < -0.4 is 4.74 Å². The number of carbonyl (C=O) groups is 1. The molecule has 1 aromatic rings. The first-order valence-corrected chi connectivity index (χ1v) is 4.73. The summed E-state index contributed by atoms with van der Waals surface area (Å²) in [6, 6.07) is 7.70. The van der Waals surface area contributed by atoms with E-state index in [1.807, 2.05) is 31.2 Å². The molecule has 1 saturated heterocycles. The van der Waals surface area contributed by atoms with E-state index < -0.39 is 0 Å². The second kappa shape index (κ2) is 3.70. The van der Waals surface area contributed by atoms with E-state index >= 15 is 0 Å². The van der Waals surface area contributed by atoms with Gasteiger partial charge in [0.2, 0.25) is 0 Å². The molecule has 2 rings (SSSR count). The Labute approximate surface area is 83.3 Å². The lowest BCUT2D eigenvalue weighted by atomic mass is 10.2. The summed E-state index contributed by atoms with van der Waals surface area (Å²) in [5, 5.41) is 0. The summed E-state index contributed by atoms with van der Waals surface area (Å²) in [4.78, 5) is 13.0. The number of hydrogen-bond donors (Lipinski definition) is 0. The van der Waals surface area contributed by atoms with Gasteiger partial charge in [0.25, 0.3) is 5.91 Å². The molecule has 1 aliphatic heterocycles. The summed E-state index contributed by atoms with van der Waals surface area (Å²) in [7, 11) is 0. The minimum absolute atomic E-state index is 0.0746. The molecule has 0 bridgehead atoms. The molecule has 0 atom stereocenters. The molecule has 0 aliphatic carbocycles. The quantitative estimate of drug-likeness (QED) is 0.672. The van der Waals surface area contributed by atoms with E-state index in [9.17, 15) is 4.79 Å². The van der Waals surface area contributed by atoms with E-state index in [2.05, 4.69) is 0 Å². The molecule has 0 saturated carbocycles. The highest BCUT2D eigenvalue weighted by molar-refractivity contribution is 5.79. The van der Waals surface area contributed by atoms with Crippen LogP contribution in [0.4, 0.5) is 0 Å². The second-order valence-corrected chi connectivity index (χ2v) is 3.48. The number of aryl methyl sites for hydroxylation is 1. The van der Waals surface area contributed by atoms with Crippen LogP contribution in [0.1, 0.15) is 5.56 Å². The lowest BCUT2D eigenvalue weighted by Crippen LogP contribution is -2.19. The standard InChI is InChI=1S/C11H13NO2/c1-9-2-4-10(5-3-9)14-8-11(13)12-6-7-12/h2-5H,6-8H2,1H3. The zero-order valence-electron chi connectivity index (χ0n) is 8.19. The summed E-state index contributed by atoms with van der Waals surface area (Å²) in [6.07, 6.45) is 0. The van der Waals surface area contributed by atoms with E-state index in [0.29, 0.717) is 0 Å². The highest BCUT2D eigenvalue weighted by atomic mass is 16.5. The van der Waals surface area contributed by atoms with Crippen molar-refractivity contribution in [3.63, 3.8) is 0 Å². The summed E-state index contributed by atoms with van der Waals surface area (Å²) >= 11 is 0. The zero-order chi connectivity index (χ0) is 9.97. The molecule has 3 nitrogen and oxygen atoms in total. The van der Waals surface area contributed by atoms with Gasteiger partial charge < -0.3 is 9.64 Å². The fourth-order valence-corrected chi connectivity index (χ4v) is 1.17. The van der Waals surface area contributed by atoms with Gasteiger partial charge in [-0.05, 0) is 19.1 Å². The van der Waals surface area contributed by atoms with Gasteiger partial charge in [0.1, 0.15) is 5.75 Å². The number of rotatable bonds is 3. The summed E-state index contributed by atoms with van der Waals surface area (Å²) in [5.41, 5.74) is 1.19. The van der Waals surface area contributed by atoms with Crippen molar-refractivity contribution in [2.24, 2.45) is 0 Å². The maximum atomic E-state index is 11.2. The van der Waals surface area contributed by atoms with Crippen molar-refractivity contribution in [2.75, 3.05) is 19.7 Å². The fourth-order valence-electron chi connectivity index (χ4n) is 1.17. The molecule has 0 aromatic heterocycles. The topological polar surface area (TPSA) is 29.3 Å². The van der Waals surface area contributed by atoms with E-state index in [1.54, 1.807) is 4.90 Å². The van der Waals surface area contributed by atoms with Gasteiger partial charge in [-0.3, -0.25) is 4.79 Å². The number of benzene rings is 1. The van der Waals surface area contributed by atoms with Gasteiger partial charge in [-0.2, -0.15) is 0 Å². The second-order valence-electron chi connectivity index (χ2n) is 3.48. The number of carbonyl (C=O) groups excluding carboxylic acids is 1. The summed E-state index contributed by atoms with van der Waals surface area (Å²) < 4.78 is 5.33. The van der Waals surface area contributed by atoms with Gasteiger partial charge in [0, 0.05) is 13.1 Å². The van der Waals surface area contributed by atoms with Crippen molar-refractivity contribution < 1.29 is 9.53 Å². The van der Waals surface area contributed by atoms with E-state index in [1.165, 1.54) is 5.56 Å². The maximum absolute atomic E-state index is 11.2. The molecule has 3 heteroatoms.